The first-order chi connectivity index (χ1) is 13.8. The van der Waals surface area contributed by atoms with Crippen LogP contribution in [0.1, 0.15) is 16.7 Å². The molecule has 3 aromatic rings. The van der Waals surface area contributed by atoms with Gasteiger partial charge in [-0.05, 0) is 63.3 Å². The molecule has 0 radical (unpaired) electrons. The number of benzene rings is 2. The summed E-state index contributed by atoms with van der Waals surface area (Å²) in [6.07, 6.45) is 0. The maximum Gasteiger partial charge on any atom is 0.322 e. The Morgan fingerprint density at radius 1 is 1.03 bits per heavy atom. The lowest BCUT2D eigenvalue weighted by Crippen LogP contribution is -2.40. The van der Waals surface area contributed by atoms with E-state index in [0.717, 1.165) is 27.7 Å². The molecule has 2 aromatic carbocycles. The van der Waals surface area contributed by atoms with Crippen LogP contribution in [0.4, 0.5) is 10.5 Å². The average molecular weight is 393 g/mol. The van der Waals surface area contributed by atoms with E-state index >= 15 is 0 Å². The van der Waals surface area contributed by atoms with E-state index in [0.29, 0.717) is 18.7 Å². The first kappa shape index (κ1) is 20.6. The largest absolute Gasteiger partial charge is 0.322 e. The minimum absolute atomic E-state index is 0.162. The number of pyridine rings is 1. The molecule has 0 fully saturated rings. The van der Waals surface area contributed by atoms with Crippen molar-refractivity contribution < 1.29 is 4.79 Å². The maximum absolute atomic E-state index is 12.9. The fourth-order valence-corrected chi connectivity index (χ4v) is 3.34. The standard InChI is InChI=1S/C23H28N4O2/c1-16-12-17(2)20-14-18(22(28)25-21(20)13-16)15-27(11-10-26(3)4)23(29)24-19-8-6-5-7-9-19/h5-9,12-14H,10-11,15H2,1-4H3,(H,24,29)(H,25,28). The molecule has 152 valence electrons. The summed E-state index contributed by atoms with van der Waals surface area (Å²) in [6, 6.07) is 15.1. The van der Waals surface area contributed by atoms with Gasteiger partial charge in [0.05, 0.1) is 6.54 Å². The predicted octanol–water partition coefficient (Wildman–Crippen LogP) is 3.74. The first-order valence-corrected chi connectivity index (χ1v) is 9.72. The van der Waals surface area contributed by atoms with E-state index in [1.807, 2.05) is 75.3 Å². The van der Waals surface area contributed by atoms with Gasteiger partial charge in [-0.3, -0.25) is 4.79 Å². The van der Waals surface area contributed by atoms with Gasteiger partial charge in [0.2, 0.25) is 0 Å². The number of hydrogen-bond acceptors (Lipinski definition) is 3. The number of rotatable bonds is 6. The number of fused-ring (bicyclic) bond motifs is 1. The summed E-state index contributed by atoms with van der Waals surface area (Å²) < 4.78 is 0. The molecule has 0 unspecified atom stereocenters. The zero-order valence-electron chi connectivity index (χ0n) is 17.5. The summed E-state index contributed by atoms with van der Waals surface area (Å²) in [4.78, 5) is 32.2. The van der Waals surface area contributed by atoms with Gasteiger partial charge < -0.3 is 20.1 Å². The van der Waals surface area contributed by atoms with E-state index < -0.39 is 0 Å². The van der Waals surface area contributed by atoms with Gasteiger partial charge in [-0.1, -0.05) is 24.3 Å². The summed E-state index contributed by atoms with van der Waals surface area (Å²) in [5.41, 5.74) is 4.17. The second-order valence-corrected chi connectivity index (χ2v) is 7.69. The van der Waals surface area contributed by atoms with Crippen LogP contribution in [0.15, 0.2) is 53.3 Å². The number of aromatic nitrogens is 1. The van der Waals surface area contributed by atoms with Crippen LogP contribution in [0, 0.1) is 13.8 Å². The fourth-order valence-electron chi connectivity index (χ4n) is 3.34. The van der Waals surface area contributed by atoms with E-state index in [9.17, 15) is 9.59 Å². The van der Waals surface area contributed by atoms with Gasteiger partial charge in [0.15, 0.2) is 0 Å². The van der Waals surface area contributed by atoms with Crippen LogP contribution in [-0.4, -0.2) is 48.0 Å². The topological polar surface area (TPSA) is 68.4 Å². The zero-order chi connectivity index (χ0) is 21.0. The molecule has 0 aliphatic heterocycles. The molecule has 1 heterocycles. The number of aryl methyl sites for hydroxylation is 2. The van der Waals surface area contributed by atoms with Crippen LogP contribution in [0.3, 0.4) is 0 Å². The Morgan fingerprint density at radius 2 is 1.76 bits per heavy atom. The molecule has 6 nitrogen and oxygen atoms in total. The maximum atomic E-state index is 12.9. The molecular weight excluding hydrogens is 364 g/mol. The molecule has 0 aliphatic rings. The molecule has 3 rings (SSSR count). The number of hydrogen-bond donors (Lipinski definition) is 2. The monoisotopic (exact) mass is 392 g/mol. The Hall–Kier alpha value is -3.12. The highest BCUT2D eigenvalue weighted by Crippen LogP contribution is 2.19. The van der Waals surface area contributed by atoms with Crippen molar-refractivity contribution in [2.45, 2.75) is 20.4 Å². The van der Waals surface area contributed by atoms with Crippen molar-refractivity contribution in [3.05, 3.63) is 75.6 Å². The number of carbonyl (C=O) groups excluding carboxylic acids is 1. The highest BCUT2D eigenvalue weighted by molar-refractivity contribution is 5.89. The SMILES string of the molecule is Cc1cc(C)c2cc(CN(CCN(C)C)C(=O)Nc3ccccc3)c(=O)[nH]c2c1. The number of para-hydroxylation sites is 1. The number of nitrogens with one attached hydrogen (secondary N) is 2. The van der Waals surface area contributed by atoms with Gasteiger partial charge in [0, 0.05) is 35.2 Å². The Morgan fingerprint density at radius 3 is 2.45 bits per heavy atom. The van der Waals surface area contributed by atoms with Gasteiger partial charge in [-0.2, -0.15) is 0 Å². The van der Waals surface area contributed by atoms with Gasteiger partial charge in [-0.25, -0.2) is 4.79 Å². The van der Waals surface area contributed by atoms with Crippen molar-refractivity contribution in [3.8, 4) is 0 Å². The molecule has 29 heavy (non-hydrogen) atoms. The van der Waals surface area contributed by atoms with Crippen LogP contribution in [0.2, 0.25) is 0 Å². The van der Waals surface area contributed by atoms with Crippen LogP contribution < -0.4 is 10.9 Å². The second kappa shape index (κ2) is 8.92. The molecule has 2 amide bonds. The zero-order valence-corrected chi connectivity index (χ0v) is 17.5. The number of aromatic amines is 1. The average Bonchev–Trinajstić information content (AvgIpc) is 2.66. The number of nitrogens with zero attached hydrogens (tertiary/aromatic N) is 2. The third-order valence-corrected chi connectivity index (χ3v) is 4.88. The van der Waals surface area contributed by atoms with E-state index in [2.05, 4.69) is 16.4 Å². The Bertz CT molecular complexity index is 1060. The van der Waals surface area contributed by atoms with E-state index in [1.54, 1.807) is 4.90 Å². The minimum atomic E-state index is -0.224. The lowest BCUT2D eigenvalue weighted by molar-refractivity contribution is 0.202. The van der Waals surface area contributed by atoms with Crippen molar-refractivity contribution in [1.29, 1.82) is 0 Å². The molecule has 0 spiro atoms. The number of urea groups is 1. The number of amides is 2. The highest BCUT2D eigenvalue weighted by Gasteiger charge is 2.17. The van der Waals surface area contributed by atoms with E-state index in [4.69, 9.17) is 0 Å². The Balaban J connectivity index is 1.89. The lowest BCUT2D eigenvalue weighted by atomic mass is 10.0. The van der Waals surface area contributed by atoms with Crippen LogP contribution in [-0.2, 0) is 6.54 Å². The molecular formula is C23H28N4O2. The van der Waals surface area contributed by atoms with Gasteiger partial charge in [0.1, 0.15) is 0 Å². The molecule has 0 saturated heterocycles. The number of carbonyl (C=O) groups is 1. The summed E-state index contributed by atoms with van der Waals surface area (Å²) >= 11 is 0. The minimum Gasteiger partial charge on any atom is -0.322 e. The fraction of sp³-hybridized carbons (Fsp3) is 0.304. The third kappa shape index (κ3) is 5.23. The second-order valence-electron chi connectivity index (χ2n) is 7.69. The van der Waals surface area contributed by atoms with Crippen molar-refractivity contribution >= 4 is 22.6 Å². The predicted molar refractivity (Wildman–Crippen MR) is 118 cm³/mol. The molecule has 0 bridgehead atoms. The Kier molecular flexibility index (Phi) is 6.34. The highest BCUT2D eigenvalue weighted by atomic mass is 16.2. The molecule has 1 aromatic heterocycles. The number of anilines is 1. The first-order valence-electron chi connectivity index (χ1n) is 9.72. The van der Waals surface area contributed by atoms with Crippen molar-refractivity contribution in [2.75, 3.05) is 32.5 Å². The van der Waals surface area contributed by atoms with Crippen molar-refractivity contribution in [2.24, 2.45) is 0 Å². The van der Waals surface area contributed by atoms with Gasteiger partial charge in [-0.15, -0.1) is 0 Å². The smallest absolute Gasteiger partial charge is 0.322 e. The van der Waals surface area contributed by atoms with Gasteiger partial charge in [0.25, 0.3) is 5.56 Å². The molecule has 6 heteroatoms. The third-order valence-electron chi connectivity index (χ3n) is 4.88. The quantitative estimate of drug-likeness (QED) is 0.671. The molecule has 0 aliphatic carbocycles. The van der Waals surface area contributed by atoms with E-state index in [-0.39, 0.29) is 18.1 Å². The lowest BCUT2D eigenvalue weighted by Gasteiger charge is -2.25. The van der Waals surface area contributed by atoms with E-state index in [1.165, 1.54) is 0 Å². The normalized spacial score (nSPS) is 11.1. The summed E-state index contributed by atoms with van der Waals surface area (Å²) in [5, 5.41) is 3.92. The van der Waals surface area contributed by atoms with Gasteiger partial charge >= 0.3 is 6.03 Å². The summed E-state index contributed by atoms with van der Waals surface area (Å²) in [5.74, 6) is 0. The van der Waals surface area contributed by atoms with Crippen molar-refractivity contribution in [3.63, 3.8) is 0 Å². The summed E-state index contributed by atoms with van der Waals surface area (Å²) in [6.45, 7) is 5.49. The molecule has 0 atom stereocenters. The van der Waals surface area contributed by atoms with Crippen LogP contribution in [0.5, 0.6) is 0 Å². The molecule has 2 N–H and O–H groups in total. The summed E-state index contributed by atoms with van der Waals surface area (Å²) in [7, 11) is 3.92. The number of likely N-dealkylation sites (N-methyl/N-ethyl adjacent to an activating group) is 1. The van der Waals surface area contributed by atoms with Crippen molar-refractivity contribution in [1.82, 2.24) is 14.8 Å². The Labute approximate surface area is 171 Å². The number of H-pyrrole nitrogens is 1. The molecule has 0 saturated carbocycles. The van der Waals surface area contributed by atoms with Crippen LogP contribution >= 0.6 is 0 Å². The van der Waals surface area contributed by atoms with Crippen LogP contribution in [0.25, 0.3) is 10.9 Å².